The van der Waals surface area contributed by atoms with Gasteiger partial charge in [-0.3, -0.25) is 29.6 Å². The van der Waals surface area contributed by atoms with E-state index in [1.807, 2.05) is 56.3 Å². The highest BCUT2D eigenvalue weighted by atomic mass is 35.5. The molecule has 3 fully saturated rings. The first-order chi connectivity index (χ1) is 33.0. The quantitative estimate of drug-likeness (QED) is 0.0703. The minimum absolute atomic E-state index is 0.00833. The van der Waals surface area contributed by atoms with Gasteiger partial charge in [0.25, 0.3) is 5.91 Å². The summed E-state index contributed by atoms with van der Waals surface area (Å²) in [4.78, 5) is 73.8. The predicted molar refractivity (Wildman–Crippen MR) is 262 cm³/mol. The SMILES string of the molecule is CC1(C)CC(Nc2cccc(-c3sc(C(=O)O)c(OCC(=O)O)c3Cl)c2)CCN1S(=O)(=O)Cc1ccc2[nH]c(N3CCC(c4ccc5c6c(cccc46)C(=O)N5C4CCC(=O)NC4=O)CC3)cc2n1. The number of aromatic amines is 1. The molecule has 358 valence electrons. The number of aliphatic carboxylic acids is 1. The lowest BCUT2D eigenvalue weighted by molar-refractivity contribution is -0.139. The van der Waals surface area contributed by atoms with Gasteiger partial charge in [-0.25, -0.2) is 18.0 Å². The zero-order valence-electron chi connectivity index (χ0n) is 37.6. The lowest BCUT2D eigenvalue weighted by Gasteiger charge is -2.44. The van der Waals surface area contributed by atoms with Crippen LogP contribution in [0.4, 0.5) is 17.2 Å². The van der Waals surface area contributed by atoms with Crippen molar-refractivity contribution in [2.45, 2.75) is 81.7 Å². The molecule has 0 aliphatic carbocycles. The molecule has 6 aromatic rings. The topological polar surface area (TPSA) is 232 Å². The van der Waals surface area contributed by atoms with Crippen LogP contribution in [0.5, 0.6) is 5.75 Å². The van der Waals surface area contributed by atoms with Crippen LogP contribution in [0.2, 0.25) is 5.02 Å². The fourth-order valence-corrected chi connectivity index (χ4v) is 13.9. The molecule has 20 heteroatoms. The number of carboxylic acids is 2. The Balaban J connectivity index is 0.778. The van der Waals surface area contributed by atoms with E-state index in [2.05, 4.69) is 26.6 Å². The maximum absolute atomic E-state index is 14.1. The van der Waals surface area contributed by atoms with Crippen LogP contribution < -0.4 is 25.2 Å². The Morgan fingerprint density at radius 2 is 1.75 bits per heavy atom. The molecule has 17 nitrogen and oxygen atoms in total. The summed E-state index contributed by atoms with van der Waals surface area (Å²) in [5.41, 5.74) is 4.94. The van der Waals surface area contributed by atoms with Gasteiger partial charge in [0.15, 0.2) is 17.2 Å². The fourth-order valence-electron chi connectivity index (χ4n) is 10.6. The van der Waals surface area contributed by atoms with E-state index >= 15 is 0 Å². The van der Waals surface area contributed by atoms with Crippen molar-refractivity contribution in [2.75, 3.05) is 41.4 Å². The van der Waals surface area contributed by atoms with Gasteiger partial charge >= 0.3 is 11.9 Å². The Bertz CT molecular complexity index is 3240. The van der Waals surface area contributed by atoms with Crippen LogP contribution in [0, 0.1) is 0 Å². The number of anilines is 3. The highest BCUT2D eigenvalue weighted by molar-refractivity contribution is 7.88. The number of nitrogens with one attached hydrogen (secondary N) is 3. The summed E-state index contributed by atoms with van der Waals surface area (Å²) in [6, 6.07) is 21.8. The number of rotatable bonds is 13. The monoisotopic (exact) mass is 993 g/mol. The molecule has 2 atom stereocenters. The number of aromatic nitrogens is 2. The molecule has 0 spiro atoms. The van der Waals surface area contributed by atoms with Crippen molar-refractivity contribution in [3.05, 3.63) is 99.5 Å². The molecule has 2 unspecified atom stereocenters. The molecule has 0 saturated carbocycles. The summed E-state index contributed by atoms with van der Waals surface area (Å²) >= 11 is 7.43. The standard InChI is InChI=1S/C49H48ClN7O10S2/c1-49(2)23-29(51-28-6-3-5-27(21-28)44-42(50)43(67-24-40(59)60)45(68-44)48(63)64)17-20-56(49)69(65,66)25-30-9-11-34-35(52-30)22-38(53-34)55-18-15-26(16-19-55)31-10-12-36-41-32(31)7-4-8-33(41)47(62)57(36)37-13-14-39(58)54-46(37)61/h3-12,21-22,26,29,37,51,53H,13-20,23-25H2,1-2H3,(H,59,60)(H,63,64)(H,54,58,61). The molecule has 69 heavy (non-hydrogen) atoms. The number of benzene rings is 3. The largest absolute Gasteiger partial charge is 0.479 e. The van der Waals surface area contributed by atoms with E-state index in [1.54, 1.807) is 33.5 Å². The molecule has 0 bridgehead atoms. The summed E-state index contributed by atoms with van der Waals surface area (Å²) in [6.07, 6.45) is 3.21. The number of hydrogen-bond donors (Lipinski definition) is 5. The van der Waals surface area contributed by atoms with Crippen LogP contribution in [0.15, 0.2) is 72.8 Å². The molecule has 4 aliphatic heterocycles. The summed E-state index contributed by atoms with van der Waals surface area (Å²) in [5, 5.41) is 26.6. The molecule has 5 N–H and O–H groups in total. The number of amides is 3. The van der Waals surface area contributed by atoms with Crippen molar-refractivity contribution in [1.82, 2.24) is 19.6 Å². The van der Waals surface area contributed by atoms with E-state index in [4.69, 9.17) is 26.4 Å². The van der Waals surface area contributed by atoms with Crippen molar-refractivity contribution in [2.24, 2.45) is 0 Å². The molecule has 3 aromatic heterocycles. The molecule has 10 rings (SSSR count). The summed E-state index contributed by atoms with van der Waals surface area (Å²) < 4.78 is 35.1. The predicted octanol–water partition coefficient (Wildman–Crippen LogP) is 7.59. The van der Waals surface area contributed by atoms with E-state index < -0.39 is 46.1 Å². The Hall–Kier alpha value is -6.54. The average Bonchev–Trinajstić information content (AvgIpc) is 3.97. The van der Waals surface area contributed by atoms with E-state index in [1.165, 1.54) is 0 Å². The third kappa shape index (κ3) is 8.65. The van der Waals surface area contributed by atoms with Gasteiger partial charge in [-0.2, -0.15) is 4.31 Å². The zero-order valence-corrected chi connectivity index (χ0v) is 40.0. The number of halogens is 1. The second-order valence-corrected chi connectivity index (χ2v) is 21.9. The number of H-pyrrole nitrogens is 1. The number of aromatic carboxylic acids is 1. The van der Waals surface area contributed by atoms with Gasteiger partial charge in [0, 0.05) is 60.3 Å². The van der Waals surface area contributed by atoms with E-state index in [-0.39, 0.29) is 64.6 Å². The first kappa shape index (κ1) is 46.2. The Kier molecular flexibility index (Phi) is 11.9. The molecule has 7 heterocycles. The van der Waals surface area contributed by atoms with Crippen LogP contribution in [-0.2, 0) is 30.2 Å². The number of carbonyl (C=O) groups excluding carboxylic acids is 3. The van der Waals surface area contributed by atoms with Crippen molar-refractivity contribution < 1.29 is 47.3 Å². The van der Waals surface area contributed by atoms with E-state index in [0.29, 0.717) is 45.7 Å². The molecular weight excluding hydrogens is 946 g/mol. The van der Waals surface area contributed by atoms with Gasteiger partial charge in [0.2, 0.25) is 21.8 Å². The number of piperidine rings is 3. The van der Waals surface area contributed by atoms with Crippen molar-refractivity contribution in [1.29, 1.82) is 0 Å². The normalized spacial score (nSPS) is 19.9. The molecule has 3 saturated heterocycles. The molecule has 3 aromatic carbocycles. The van der Waals surface area contributed by atoms with E-state index in [9.17, 15) is 37.5 Å². The minimum atomic E-state index is -3.79. The Morgan fingerprint density at radius 3 is 2.49 bits per heavy atom. The summed E-state index contributed by atoms with van der Waals surface area (Å²) in [5.74, 6) is -2.88. The van der Waals surface area contributed by atoms with Crippen molar-refractivity contribution in [3.63, 3.8) is 0 Å². The van der Waals surface area contributed by atoms with Crippen LogP contribution in [0.25, 0.3) is 32.2 Å². The Morgan fingerprint density at radius 1 is 0.971 bits per heavy atom. The minimum Gasteiger partial charge on any atom is -0.479 e. The number of imide groups is 1. The molecule has 4 aliphatic rings. The number of hydrogen-bond acceptors (Lipinski definition) is 12. The van der Waals surface area contributed by atoms with Gasteiger partial charge in [-0.05, 0) is 105 Å². The zero-order chi connectivity index (χ0) is 48.5. The van der Waals surface area contributed by atoms with Gasteiger partial charge in [-0.15, -0.1) is 11.3 Å². The van der Waals surface area contributed by atoms with Crippen LogP contribution >= 0.6 is 22.9 Å². The van der Waals surface area contributed by atoms with E-state index in [0.717, 1.165) is 70.6 Å². The van der Waals surface area contributed by atoms with Gasteiger partial charge in [0.1, 0.15) is 22.6 Å². The highest BCUT2D eigenvalue weighted by Crippen LogP contribution is 2.47. The second-order valence-electron chi connectivity index (χ2n) is 18.6. The summed E-state index contributed by atoms with van der Waals surface area (Å²) in [7, 11) is -3.79. The number of carboxylic acid groups (broad SMARTS) is 2. The van der Waals surface area contributed by atoms with Gasteiger partial charge in [0.05, 0.1) is 27.3 Å². The highest BCUT2D eigenvalue weighted by Gasteiger charge is 2.43. The van der Waals surface area contributed by atoms with Gasteiger partial charge < -0.3 is 30.2 Å². The lowest BCUT2D eigenvalue weighted by Crippen LogP contribution is -2.55. The van der Waals surface area contributed by atoms with Crippen molar-refractivity contribution in [3.8, 4) is 16.2 Å². The van der Waals surface area contributed by atoms with Crippen LogP contribution in [0.1, 0.15) is 89.6 Å². The lowest BCUT2D eigenvalue weighted by atomic mass is 9.85. The van der Waals surface area contributed by atoms with Crippen molar-refractivity contribution >= 4 is 102 Å². The number of pyridine rings is 1. The number of fused-ring (bicyclic) bond motifs is 1. The molecule has 3 amide bonds. The number of carbonyl (C=O) groups is 5. The molecule has 0 radical (unpaired) electrons. The fraction of sp³-hybridized carbons (Fsp3) is 0.347. The smallest absolute Gasteiger partial charge is 0.349 e. The average molecular weight is 995 g/mol. The van der Waals surface area contributed by atoms with Crippen LogP contribution in [-0.4, -0.2) is 106 Å². The maximum Gasteiger partial charge on any atom is 0.349 e. The third-order valence-electron chi connectivity index (χ3n) is 13.7. The number of nitrogens with zero attached hydrogens (tertiary/aromatic N) is 4. The number of sulfonamides is 1. The van der Waals surface area contributed by atoms with Gasteiger partial charge in [-0.1, -0.05) is 41.9 Å². The number of thiophene rings is 1. The second kappa shape index (κ2) is 17.8. The summed E-state index contributed by atoms with van der Waals surface area (Å²) in [6.45, 7) is 4.88. The third-order valence-corrected chi connectivity index (χ3v) is 17.4. The first-order valence-corrected chi connectivity index (χ1v) is 25.5. The first-order valence-electron chi connectivity index (χ1n) is 22.7. The maximum atomic E-state index is 14.1. The Labute approximate surface area is 405 Å². The number of ether oxygens (including phenoxy) is 1. The molecular formula is C49H48ClN7O10S2. The van der Waals surface area contributed by atoms with Crippen LogP contribution in [0.3, 0.4) is 0 Å².